The Morgan fingerprint density at radius 3 is 2.20 bits per heavy atom. The molecule has 0 fully saturated rings. The maximum Gasteiger partial charge on any atom is 0.322 e. The van der Waals surface area contributed by atoms with E-state index in [0.717, 1.165) is 17.4 Å². The third kappa shape index (κ3) is 11.9. The average Bonchev–Trinajstić information content (AvgIpc) is 2.00. The predicted octanol–water partition coefficient (Wildman–Crippen LogP) is -2.60. The Morgan fingerprint density at radius 2 is 1.87 bits per heavy atom. The monoisotopic (exact) mass is 260 g/mol. The highest BCUT2D eigenvalue weighted by Crippen LogP contribution is 2.00. The molecule has 6 heteroatoms. The van der Waals surface area contributed by atoms with Gasteiger partial charge in [0.1, 0.15) is 6.04 Å². The molecule has 0 aliphatic rings. The van der Waals surface area contributed by atoms with Gasteiger partial charge in [-0.25, -0.2) is 0 Å². The molecule has 4 nitrogen and oxygen atoms in total. The first-order valence-electron chi connectivity index (χ1n) is 4.50. The van der Waals surface area contributed by atoms with E-state index in [4.69, 9.17) is 5.73 Å². The molecule has 0 amide bonds. The zero-order chi connectivity index (χ0) is 10.5. The molecule has 94 valence electrons. The molecule has 0 saturated heterocycles. The summed E-state index contributed by atoms with van der Waals surface area (Å²) < 4.78 is 5.42. The lowest BCUT2D eigenvalue weighted by atomic mass is 10.1. The zero-order valence-electron chi connectivity index (χ0n) is 9.83. The number of nitrogens with zero attached hydrogens (tertiary/aromatic N) is 1. The summed E-state index contributed by atoms with van der Waals surface area (Å²) in [6.07, 6.45) is 1.64. The van der Waals surface area contributed by atoms with Crippen LogP contribution in [0.5, 0.6) is 0 Å². The SMILES string of the molecule is COC(=O)C(N)CCC[N+](C)(C)C.Cl.[Cl-]. The number of carbonyl (C=O) groups is 1. The minimum absolute atomic E-state index is 0. The molecule has 1 atom stereocenters. The number of esters is 1. The molecule has 0 radical (unpaired) electrons. The van der Waals surface area contributed by atoms with E-state index in [1.54, 1.807) is 0 Å². The first-order valence-corrected chi connectivity index (χ1v) is 4.50. The quantitative estimate of drug-likeness (QED) is 0.436. The van der Waals surface area contributed by atoms with Crippen LogP contribution >= 0.6 is 12.4 Å². The van der Waals surface area contributed by atoms with Crippen LogP contribution in [0.15, 0.2) is 0 Å². The molecule has 0 aliphatic carbocycles. The second-order valence-corrected chi connectivity index (χ2v) is 4.29. The van der Waals surface area contributed by atoms with Crippen molar-refractivity contribution in [2.75, 3.05) is 34.8 Å². The largest absolute Gasteiger partial charge is 1.00 e. The van der Waals surface area contributed by atoms with Crippen molar-refractivity contribution in [3.8, 4) is 0 Å². The van der Waals surface area contributed by atoms with E-state index >= 15 is 0 Å². The standard InChI is InChI=1S/C9H21N2O2.2ClH/c1-11(2,3)7-5-6-8(10)9(12)13-4;;/h8H,5-7,10H2,1-4H3;2*1H/q+1;;/p-1. The van der Waals surface area contributed by atoms with Gasteiger partial charge in [0.05, 0.1) is 34.8 Å². The fraction of sp³-hybridized carbons (Fsp3) is 0.889. The van der Waals surface area contributed by atoms with Gasteiger partial charge in [0.2, 0.25) is 0 Å². The van der Waals surface area contributed by atoms with Crippen LogP contribution in [0, 0.1) is 0 Å². The van der Waals surface area contributed by atoms with Crippen LogP contribution in [-0.4, -0.2) is 51.3 Å². The van der Waals surface area contributed by atoms with Gasteiger partial charge in [-0.05, 0) is 12.8 Å². The zero-order valence-corrected chi connectivity index (χ0v) is 11.4. The summed E-state index contributed by atoms with van der Waals surface area (Å²) in [5.74, 6) is -0.318. The minimum Gasteiger partial charge on any atom is -1.00 e. The first kappa shape index (κ1) is 20.4. The molecular weight excluding hydrogens is 239 g/mol. The fourth-order valence-electron chi connectivity index (χ4n) is 1.05. The molecule has 2 N–H and O–H groups in total. The van der Waals surface area contributed by atoms with Crippen molar-refractivity contribution < 1.29 is 26.4 Å². The molecule has 15 heavy (non-hydrogen) atoms. The maximum absolute atomic E-state index is 10.9. The molecule has 0 rings (SSSR count). The lowest BCUT2D eigenvalue weighted by Gasteiger charge is -2.24. The number of ether oxygens (including phenoxy) is 1. The normalized spacial score (nSPS) is 12.1. The topological polar surface area (TPSA) is 52.3 Å². The smallest absolute Gasteiger partial charge is 0.322 e. The molecule has 0 spiro atoms. The minimum atomic E-state index is -0.462. The van der Waals surface area contributed by atoms with Gasteiger partial charge in [-0.15, -0.1) is 12.4 Å². The van der Waals surface area contributed by atoms with E-state index in [9.17, 15) is 4.79 Å². The Bertz CT molecular complexity index is 172. The van der Waals surface area contributed by atoms with Crippen LogP contribution in [-0.2, 0) is 9.53 Å². The third-order valence-electron chi connectivity index (χ3n) is 1.85. The van der Waals surface area contributed by atoms with E-state index < -0.39 is 6.04 Å². The van der Waals surface area contributed by atoms with Gasteiger partial charge < -0.3 is 27.4 Å². The average molecular weight is 261 g/mol. The molecule has 0 heterocycles. The van der Waals surface area contributed by atoms with E-state index in [2.05, 4.69) is 25.9 Å². The molecule has 0 saturated carbocycles. The lowest BCUT2D eigenvalue weighted by molar-refractivity contribution is -0.870. The second-order valence-electron chi connectivity index (χ2n) is 4.29. The van der Waals surface area contributed by atoms with E-state index in [1.807, 2.05) is 0 Å². The Kier molecular flexibility index (Phi) is 12.5. The van der Waals surface area contributed by atoms with Crippen molar-refractivity contribution in [3.05, 3.63) is 0 Å². The van der Waals surface area contributed by atoms with Crippen LogP contribution in [0.4, 0.5) is 0 Å². The lowest BCUT2D eigenvalue weighted by Crippen LogP contribution is -3.00. The fourth-order valence-corrected chi connectivity index (χ4v) is 1.05. The Balaban J connectivity index is -0.000000720. The van der Waals surface area contributed by atoms with E-state index in [-0.39, 0.29) is 30.8 Å². The second kappa shape index (κ2) is 9.21. The summed E-state index contributed by atoms with van der Waals surface area (Å²) >= 11 is 0. The number of halogens is 2. The van der Waals surface area contributed by atoms with Gasteiger partial charge in [0.25, 0.3) is 0 Å². The number of carbonyl (C=O) groups excluding carboxylic acids is 1. The summed E-state index contributed by atoms with van der Waals surface area (Å²) in [5.41, 5.74) is 5.58. The summed E-state index contributed by atoms with van der Waals surface area (Å²) in [5, 5.41) is 0. The highest BCUT2D eigenvalue weighted by atomic mass is 35.5. The van der Waals surface area contributed by atoms with Gasteiger partial charge in [0.15, 0.2) is 0 Å². The van der Waals surface area contributed by atoms with Gasteiger partial charge >= 0.3 is 5.97 Å². The van der Waals surface area contributed by atoms with E-state index in [1.165, 1.54) is 7.11 Å². The highest BCUT2D eigenvalue weighted by Gasteiger charge is 2.15. The van der Waals surface area contributed by atoms with Crippen molar-refractivity contribution >= 4 is 18.4 Å². The van der Waals surface area contributed by atoms with Crippen molar-refractivity contribution in [2.45, 2.75) is 18.9 Å². The van der Waals surface area contributed by atoms with Gasteiger partial charge in [-0.3, -0.25) is 4.79 Å². The van der Waals surface area contributed by atoms with Crippen molar-refractivity contribution in [1.82, 2.24) is 0 Å². The summed E-state index contributed by atoms with van der Waals surface area (Å²) in [6.45, 7) is 1.02. The summed E-state index contributed by atoms with van der Waals surface area (Å²) in [4.78, 5) is 10.9. The van der Waals surface area contributed by atoms with Crippen LogP contribution in [0.25, 0.3) is 0 Å². The van der Waals surface area contributed by atoms with Gasteiger partial charge in [0, 0.05) is 0 Å². The molecule has 1 unspecified atom stereocenters. The predicted molar refractivity (Wildman–Crippen MR) is 59.4 cm³/mol. The number of hydrogen-bond acceptors (Lipinski definition) is 3. The van der Waals surface area contributed by atoms with Crippen LogP contribution < -0.4 is 18.1 Å². The molecule has 0 aromatic carbocycles. The van der Waals surface area contributed by atoms with Crippen LogP contribution in [0.2, 0.25) is 0 Å². The van der Waals surface area contributed by atoms with Gasteiger partial charge in [-0.2, -0.15) is 0 Å². The first-order chi connectivity index (χ1) is 5.87. The Hall–Kier alpha value is -0.0300. The number of nitrogens with two attached hydrogens (primary N) is 1. The number of quaternary nitrogens is 1. The number of hydrogen-bond donors (Lipinski definition) is 1. The maximum atomic E-state index is 10.9. The van der Waals surface area contributed by atoms with Crippen molar-refractivity contribution in [2.24, 2.45) is 5.73 Å². The van der Waals surface area contributed by atoms with Crippen molar-refractivity contribution in [3.63, 3.8) is 0 Å². The Labute approximate surface area is 105 Å². The summed E-state index contributed by atoms with van der Waals surface area (Å²) in [7, 11) is 7.71. The Morgan fingerprint density at radius 1 is 1.40 bits per heavy atom. The van der Waals surface area contributed by atoms with Crippen LogP contribution in [0.3, 0.4) is 0 Å². The molecule has 0 aliphatic heterocycles. The third-order valence-corrected chi connectivity index (χ3v) is 1.85. The molecule has 0 bridgehead atoms. The summed E-state index contributed by atoms with van der Waals surface area (Å²) in [6, 6.07) is -0.462. The van der Waals surface area contributed by atoms with Crippen LogP contribution in [0.1, 0.15) is 12.8 Å². The molecular formula is C9H22Cl2N2O2. The van der Waals surface area contributed by atoms with Crippen molar-refractivity contribution in [1.29, 1.82) is 0 Å². The highest BCUT2D eigenvalue weighted by molar-refractivity contribution is 5.85. The molecule has 0 aromatic heterocycles. The number of rotatable bonds is 5. The van der Waals surface area contributed by atoms with Gasteiger partial charge in [-0.1, -0.05) is 0 Å². The molecule has 0 aromatic rings. The van der Waals surface area contributed by atoms with E-state index in [0.29, 0.717) is 6.42 Å². The number of methoxy groups -OCH3 is 1.